The quantitative estimate of drug-likeness (QED) is 0.147. The second-order valence-corrected chi connectivity index (χ2v) is 18.6. The van der Waals surface area contributed by atoms with Gasteiger partial charge in [0.15, 0.2) is 0 Å². The number of para-hydroxylation sites is 1. The van der Waals surface area contributed by atoms with Crippen molar-refractivity contribution in [1.29, 1.82) is 0 Å². The molecule has 314 valence electrons. The van der Waals surface area contributed by atoms with Crippen molar-refractivity contribution in [3.8, 4) is 66.8 Å². The van der Waals surface area contributed by atoms with Crippen molar-refractivity contribution in [2.45, 2.75) is 31.6 Å². The third-order valence-electron chi connectivity index (χ3n) is 14.6. The van der Waals surface area contributed by atoms with Gasteiger partial charge >= 0.3 is 0 Å². The Bertz CT molecular complexity index is 3420. The number of anilines is 3. The molecule has 0 spiro atoms. The molecule has 0 bridgehead atoms. The highest BCUT2D eigenvalue weighted by atomic mass is 15.1. The number of nitrogens with zero attached hydrogens (tertiary/aromatic N) is 1. The zero-order valence-corrected chi connectivity index (χ0v) is 37.5. The van der Waals surface area contributed by atoms with Gasteiger partial charge in [0.1, 0.15) is 0 Å². The molecule has 0 radical (unpaired) electrons. The molecule has 0 amide bonds. The Morgan fingerprint density at radius 1 is 0.288 bits per heavy atom. The van der Waals surface area contributed by atoms with Crippen LogP contribution in [-0.4, -0.2) is 0 Å². The summed E-state index contributed by atoms with van der Waals surface area (Å²) >= 11 is 0. The summed E-state index contributed by atoms with van der Waals surface area (Å²) < 4.78 is 0. The van der Waals surface area contributed by atoms with Gasteiger partial charge in [-0.25, -0.2) is 0 Å². The highest BCUT2D eigenvalue weighted by molar-refractivity contribution is 5.95. The topological polar surface area (TPSA) is 3.24 Å². The minimum Gasteiger partial charge on any atom is -0.310 e. The molecule has 0 fully saturated rings. The van der Waals surface area contributed by atoms with Gasteiger partial charge < -0.3 is 4.90 Å². The molecule has 0 saturated carbocycles. The molecule has 1 heteroatoms. The highest BCUT2D eigenvalue weighted by Crippen LogP contribution is 2.55. The van der Waals surface area contributed by atoms with Gasteiger partial charge in [-0.1, -0.05) is 220 Å². The zero-order chi connectivity index (χ0) is 44.4. The van der Waals surface area contributed by atoms with E-state index < -0.39 is 0 Å². The fraction of sp³-hybridized carbons (Fsp3) is 0.0769. The Kier molecular flexibility index (Phi) is 9.36. The Balaban J connectivity index is 0.966. The molecule has 2 aliphatic rings. The normalized spacial score (nSPS) is 15.1. The molecule has 0 saturated heterocycles. The van der Waals surface area contributed by atoms with Gasteiger partial charge in [-0.15, -0.1) is 0 Å². The second-order valence-electron chi connectivity index (χ2n) is 18.6. The SMILES string of the molecule is CC1(C)c2ccccc2-c2cccc(-c3ccccc3N(c3ccc(-c4ccc(-c5ccccc5)cc4)cc3)c3ccc(-c4ccc5c(c4)C(C)(c4ccccc4)c4ccccc4-5)cc3)c21. The lowest BCUT2D eigenvalue weighted by Crippen LogP contribution is -2.22. The van der Waals surface area contributed by atoms with E-state index in [2.05, 4.69) is 268 Å². The molecule has 0 heterocycles. The van der Waals surface area contributed by atoms with Crippen molar-refractivity contribution in [3.63, 3.8) is 0 Å². The minimum atomic E-state index is -0.257. The monoisotopic (exact) mass is 843 g/mol. The van der Waals surface area contributed by atoms with Crippen LogP contribution in [0.1, 0.15) is 48.6 Å². The maximum absolute atomic E-state index is 2.45. The molecule has 0 aromatic heterocycles. The van der Waals surface area contributed by atoms with Crippen molar-refractivity contribution in [2.24, 2.45) is 0 Å². The predicted molar refractivity (Wildman–Crippen MR) is 278 cm³/mol. The van der Waals surface area contributed by atoms with E-state index in [1.165, 1.54) is 94.6 Å². The first-order valence-corrected chi connectivity index (χ1v) is 23.2. The van der Waals surface area contributed by atoms with E-state index in [0.717, 1.165) is 17.1 Å². The number of fused-ring (bicyclic) bond motifs is 6. The fourth-order valence-corrected chi connectivity index (χ4v) is 11.2. The fourth-order valence-electron chi connectivity index (χ4n) is 11.2. The number of hydrogen-bond donors (Lipinski definition) is 0. The van der Waals surface area contributed by atoms with Crippen LogP contribution in [0.4, 0.5) is 17.1 Å². The Morgan fingerprint density at radius 2 is 0.697 bits per heavy atom. The molecular formula is C65H49N. The lowest BCUT2D eigenvalue weighted by atomic mass is 9.74. The maximum atomic E-state index is 2.45. The highest BCUT2D eigenvalue weighted by Gasteiger charge is 2.41. The van der Waals surface area contributed by atoms with E-state index in [0.29, 0.717) is 0 Å². The lowest BCUT2D eigenvalue weighted by Gasteiger charge is -2.30. The van der Waals surface area contributed by atoms with Crippen molar-refractivity contribution < 1.29 is 0 Å². The molecule has 10 aromatic rings. The van der Waals surface area contributed by atoms with Crippen LogP contribution in [0.25, 0.3) is 66.8 Å². The molecule has 66 heavy (non-hydrogen) atoms. The molecule has 12 rings (SSSR count). The summed E-state index contributed by atoms with van der Waals surface area (Å²) in [6.45, 7) is 7.15. The van der Waals surface area contributed by atoms with Crippen molar-refractivity contribution in [2.75, 3.05) is 4.90 Å². The smallest absolute Gasteiger partial charge is 0.0540 e. The summed E-state index contributed by atoms with van der Waals surface area (Å²) in [7, 11) is 0. The van der Waals surface area contributed by atoms with Crippen molar-refractivity contribution >= 4 is 17.1 Å². The average Bonchev–Trinajstić information content (AvgIpc) is 3.79. The van der Waals surface area contributed by atoms with Crippen LogP contribution in [0.3, 0.4) is 0 Å². The van der Waals surface area contributed by atoms with Crippen molar-refractivity contribution in [3.05, 3.63) is 270 Å². The summed E-state index contributed by atoms with van der Waals surface area (Å²) in [6.07, 6.45) is 0. The minimum absolute atomic E-state index is 0.159. The summed E-state index contributed by atoms with van der Waals surface area (Å²) in [5, 5.41) is 0. The summed E-state index contributed by atoms with van der Waals surface area (Å²) in [5.41, 5.74) is 24.7. The third kappa shape index (κ3) is 6.30. The first kappa shape index (κ1) is 39.6. The van der Waals surface area contributed by atoms with Gasteiger partial charge in [0.25, 0.3) is 0 Å². The summed E-state index contributed by atoms with van der Waals surface area (Å²) in [6, 6.07) is 89.5. The molecule has 0 aliphatic heterocycles. The van der Waals surface area contributed by atoms with Crippen LogP contribution in [0, 0.1) is 0 Å². The van der Waals surface area contributed by atoms with Crippen molar-refractivity contribution in [1.82, 2.24) is 0 Å². The number of hydrogen-bond acceptors (Lipinski definition) is 1. The molecule has 1 nitrogen and oxygen atoms in total. The zero-order valence-electron chi connectivity index (χ0n) is 37.5. The van der Waals surface area contributed by atoms with E-state index in [1.54, 1.807) is 0 Å². The molecular weight excluding hydrogens is 795 g/mol. The molecule has 10 aromatic carbocycles. The Hall–Kier alpha value is -8.00. The number of rotatable bonds is 8. The van der Waals surface area contributed by atoms with Crippen LogP contribution in [0.2, 0.25) is 0 Å². The Labute approximate surface area is 389 Å². The van der Waals surface area contributed by atoms with Crippen LogP contribution in [0.5, 0.6) is 0 Å². The standard InChI is InChI=1S/C65H49N/c1-64(2)59-26-13-10-22-54(59)57-24-16-25-58(63(57)64)56-23-12-15-28-62(56)66(51-38-33-47(34-39-51)46-31-29-45(30-32-46)44-17-6-4-7-18-44)52-40-35-48(36-41-52)49-37-42-55-53-21-11-14-27-60(53)65(3,61(55)43-49)50-19-8-5-9-20-50/h4-43H,1-3H3. The van der Waals surface area contributed by atoms with Crippen LogP contribution in [0.15, 0.2) is 243 Å². The van der Waals surface area contributed by atoms with Gasteiger partial charge in [-0.05, 0) is 132 Å². The molecule has 1 unspecified atom stereocenters. The lowest BCUT2D eigenvalue weighted by molar-refractivity contribution is 0.662. The van der Waals surface area contributed by atoms with E-state index in [-0.39, 0.29) is 10.8 Å². The largest absolute Gasteiger partial charge is 0.310 e. The van der Waals surface area contributed by atoms with Crippen LogP contribution < -0.4 is 4.90 Å². The van der Waals surface area contributed by atoms with Gasteiger partial charge in [0.05, 0.1) is 5.69 Å². The van der Waals surface area contributed by atoms with Crippen LogP contribution in [-0.2, 0) is 10.8 Å². The van der Waals surface area contributed by atoms with Gasteiger partial charge in [-0.2, -0.15) is 0 Å². The molecule has 1 atom stereocenters. The maximum Gasteiger partial charge on any atom is 0.0540 e. The molecule has 0 N–H and O–H groups in total. The van der Waals surface area contributed by atoms with E-state index in [9.17, 15) is 0 Å². The summed E-state index contributed by atoms with van der Waals surface area (Å²) in [4.78, 5) is 2.45. The van der Waals surface area contributed by atoms with Gasteiger partial charge in [-0.3, -0.25) is 0 Å². The van der Waals surface area contributed by atoms with Gasteiger partial charge in [0.2, 0.25) is 0 Å². The predicted octanol–water partition coefficient (Wildman–Crippen LogP) is 17.5. The first-order chi connectivity index (χ1) is 32.4. The first-order valence-electron chi connectivity index (χ1n) is 23.2. The van der Waals surface area contributed by atoms with Crippen LogP contribution >= 0.6 is 0 Å². The van der Waals surface area contributed by atoms with E-state index in [1.807, 2.05) is 0 Å². The number of benzene rings is 10. The Morgan fingerprint density at radius 3 is 1.32 bits per heavy atom. The third-order valence-corrected chi connectivity index (χ3v) is 14.6. The molecule has 2 aliphatic carbocycles. The van der Waals surface area contributed by atoms with E-state index >= 15 is 0 Å². The second kappa shape index (κ2) is 15.6. The van der Waals surface area contributed by atoms with Gasteiger partial charge in [0, 0.05) is 27.8 Å². The van der Waals surface area contributed by atoms with E-state index in [4.69, 9.17) is 0 Å². The average molecular weight is 844 g/mol. The summed E-state index contributed by atoms with van der Waals surface area (Å²) in [5.74, 6) is 0.